The van der Waals surface area contributed by atoms with Gasteiger partial charge in [-0.1, -0.05) is 34.7 Å². The van der Waals surface area contributed by atoms with Crippen molar-refractivity contribution in [2.45, 2.75) is 26.2 Å². The summed E-state index contributed by atoms with van der Waals surface area (Å²) in [5.41, 5.74) is 0.159. The Morgan fingerprint density at radius 2 is 1.94 bits per heavy atom. The fraction of sp³-hybridized carbons (Fsp3) is 0.333. The Morgan fingerprint density at radius 1 is 1.41 bits per heavy atom. The fourth-order valence-electron chi connectivity index (χ4n) is 0.973. The Morgan fingerprint density at radius 3 is 2.29 bits per heavy atom. The lowest BCUT2D eigenvalue weighted by molar-refractivity contribution is -0.142. The molecule has 5 heteroatoms. The quantitative estimate of drug-likeness (QED) is 0.427. The van der Waals surface area contributed by atoms with Crippen LogP contribution in [0.4, 0.5) is 8.78 Å². The molecule has 17 heavy (non-hydrogen) atoms. The molecule has 0 saturated carbocycles. The minimum atomic E-state index is -3.48. The van der Waals surface area contributed by atoms with E-state index < -0.39 is 23.9 Å². The second-order valence-corrected chi connectivity index (χ2v) is 4.48. The van der Waals surface area contributed by atoms with Gasteiger partial charge in [-0.05, 0) is 13.0 Å². The second-order valence-electron chi connectivity index (χ2n) is 3.46. The van der Waals surface area contributed by atoms with Gasteiger partial charge in [-0.15, -0.1) is 0 Å². The van der Waals surface area contributed by atoms with Crippen LogP contribution in [-0.2, 0) is 9.59 Å². The number of ketones is 2. The molecule has 0 rings (SSSR count). The van der Waals surface area contributed by atoms with E-state index in [9.17, 15) is 18.4 Å². The Kier molecular flexibility index (Phi) is 6.16. The predicted octanol–water partition coefficient (Wildman–Crippen LogP) is 3.58. The van der Waals surface area contributed by atoms with Gasteiger partial charge in [-0.25, -0.2) is 0 Å². The zero-order chi connectivity index (χ0) is 13.6. The third-order valence-electron chi connectivity index (χ3n) is 1.79. The van der Waals surface area contributed by atoms with Crippen molar-refractivity contribution in [2.75, 3.05) is 0 Å². The van der Waals surface area contributed by atoms with E-state index >= 15 is 0 Å². The molecular weight excluding hydrogens is 294 g/mol. The summed E-state index contributed by atoms with van der Waals surface area (Å²) >= 11 is 3.03. The predicted molar refractivity (Wildman–Crippen MR) is 66.2 cm³/mol. The van der Waals surface area contributed by atoms with E-state index in [1.54, 1.807) is 13.0 Å². The molecule has 0 aliphatic rings. The van der Waals surface area contributed by atoms with Crippen LogP contribution >= 0.6 is 15.9 Å². The summed E-state index contributed by atoms with van der Waals surface area (Å²) in [7, 11) is 0. The van der Waals surface area contributed by atoms with Gasteiger partial charge in [-0.2, -0.15) is 8.78 Å². The first-order valence-corrected chi connectivity index (χ1v) is 5.61. The summed E-state index contributed by atoms with van der Waals surface area (Å²) in [6.45, 7) is 5.66. The number of alkyl halides is 2. The van der Waals surface area contributed by atoms with E-state index in [1.807, 2.05) is 0 Å². The molecule has 0 fully saturated rings. The average molecular weight is 307 g/mol. The minimum Gasteiger partial charge on any atom is -0.294 e. The summed E-state index contributed by atoms with van der Waals surface area (Å²) in [5, 5.41) is 0. The van der Waals surface area contributed by atoms with Gasteiger partial charge in [-0.3, -0.25) is 9.59 Å². The van der Waals surface area contributed by atoms with Crippen LogP contribution in [-0.4, -0.2) is 17.5 Å². The first-order valence-electron chi connectivity index (χ1n) is 4.81. The molecule has 0 aliphatic heterocycles. The molecule has 0 saturated heterocycles. The van der Waals surface area contributed by atoms with Gasteiger partial charge >= 0.3 is 5.92 Å². The van der Waals surface area contributed by atoms with E-state index in [4.69, 9.17) is 0 Å². The van der Waals surface area contributed by atoms with Crippen LogP contribution in [0, 0.1) is 0 Å². The van der Waals surface area contributed by atoms with Crippen LogP contribution < -0.4 is 0 Å². The van der Waals surface area contributed by atoms with Crippen LogP contribution in [0.2, 0.25) is 0 Å². The van der Waals surface area contributed by atoms with Crippen LogP contribution in [0.1, 0.15) is 20.3 Å². The molecule has 0 heterocycles. The van der Waals surface area contributed by atoms with E-state index in [-0.39, 0.29) is 5.57 Å². The summed E-state index contributed by atoms with van der Waals surface area (Å²) in [4.78, 5) is 22.6. The SMILES string of the molecule is C=C(Br)/C=C(\C=C/C)C(=O)CC(=O)C(C)(F)F. The number of Topliss-reactive ketones (excluding diaryl/α,β-unsaturated/α-hetero) is 2. The third kappa shape index (κ3) is 6.26. The lowest BCUT2D eigenvalue weighted by atomic mass is 10.0. The first kappa shape index (κ1) is 15.9. The van der Waals surface area contributed by atoms with E-state index in [2.05, 4.69) is 22.5 Å². The molecule has 0 aliphatic carbocycles. The molecule has 0 unspecified atom stereocenters. The highest BCUT2D eigenvalue weighted by molar-refractivity contribution is 9.11. The van der Waals surface area contributed by atoms with Crippen molar-refractivity contribution in [1.29, 1.82) is 0 Å². The minimum absolute atomic E-state index is 0.159. The number of halogens is 3. The topological polar surface area (TPSA) is 34.1 Å². The highest BCUT2D eigenvalue weighted by Crippen LogP contribution is 2.18. The molecule has 0 amide bonds. The van der Waals surface area contributed by atoms with Gasteiger partial charge in [0.15, 0.2) is 5.78 Å². The Balaban J connectivity index is 4.90. The molecule has 94 valence electrons. The summed E-state index contributed by atoms with van der Waals surface area (Å²) in [6, 6.07) is 0. The Labute approximate surface area is 107 Å². The van der Waals surface area contributed by atoms with E-state index in [0.29, 0.717) is 11.4 Å². The van der Waals surface area contributed by atoms with Crippen LogP contribution in [0.15, 0.2) is 34.9 Å². The standard InChI is InChI=1S/C12H13BrF2O2/c1-4-5-9(6-8(2)13)10(16)7-11(17)12(3,14)15/h4-6H,2,7H2,1,3H3/b5-4-,9-6+. The Hall–Kier alpha value is -1.10. The van der Waals surface area contributed by atoms with Crippen LogP contribution in [0.25, 0.3) is 0 Å². The van der Waals surface area contributed by atoms with Crippen molar-refractivity contribution in [1.82, 2.24) is 0 Å². The zero-order valence-corrected chi connectivity index (χ0v) is 11.2. The number of allylic oxidation sites excluding steroid dienone is 5. The van der Waals surface area contributed by atoms with Gasteiger partial charge in [0.1, 0.15) is 0 Å². The maximum atomic E-state index is 12.6. The largest absolute Gasteiger partial charge is 0.303 e. The van der Waals surface area contributed by atoms with Crippen molar-refractivity contribution in [2.24, 2.45) is 0 Å². The third-order valence-corrected chi connectivity index (χ3v) is 2.02. The summed E-state index contributed by atoms with van der Waals surface area (Å²) in [6.07, 6.45) is 3.58. The van der Waals surface area contributed by atoms with Crippen molar-refractivity contribution >= 4 is 27.5 Å². The van der Waals surface area contributed by atoms with E-state index in [1.165, 1.54) is 12.2 Å². The van der Waals surface area contributed by atoms with Gasteiger partial charge in [0.25, 0.3) is 0 Å². The van der Waals surface area contributed by atoms with Gasteiger partial charge in [0.2, 0.25) is 5.78 Å². The smallest absolute Gasteiger partial charge is 0.294 e. The molecule has 2 nitrogen and oxygen atoms in total. The molecule has 0 spiro atoms. The van der Waals surface area contributed by atoms with Crippen molar-refractivity contribution in [3.8, 4) is 0 Å². The lowest BCUT2D eigenvalue weighted by Crippen LogP contribution is -2.27. The molecular formula is C12H13BrF2O2. The molecule has 0 radical (unpaired) electrons. The molecule has 0 aromatic rings. The zero-order valence-electron chi connectivity index (χ0n) is 9.60. The normalized spacial score (nSPS) is 12.9. The second kappa shape index (κ2) is 6.59. The van der Waals surface area contributed by atoms with E-state index in [0.717, 1.165) is 0 Å². The summed E-state index contributed by atoms with van der Waals surface area (Å²) < 4.78 is 25.7. The van der Waals surface area contributed by atoms with Crippen LogP contribution in [0.3, 0.4) is 0 Å². The number of rotatable bonds is 6. The van der Waals surface area contributed by atoms with Crippen molar-refractivity contribution in [3.63, 3.8) is 0 Å². The maximum Gasteiger partial charge on any atom is 0.303 e. The van der Waals surface area contributed by atoms with Crippen LogP contribution in [0.5, 0.6) is 0 Å². The number of carbonyl (C=O) groups is 2. The number of hydrogen-bond donors (Lipinski definition) is 0. The fourth-order valence-corrected chi connectivity index (χ4v) is 1.22. The highest BCUT2D eigenvalue weighted by Gasteiger charge is 2.33. The number of carbonyl (C=O) groups excluding carboxylic acids is 2. The highest BCUT2D eigenvalue weighted by atomic mass is 79.9. The molecule has 0 atom stereocenters. The first-order chi connectivity index (χ1) is 7.68. The summed E-state index contributed by atoms with van der Waals surface area (Å²) in [5.74, 6) is -5.53. The van der Waals surface area contributed by atoms with Crippen molar-refractivity contribution < 1.29 is 18.4 Å². The Bertz CT molecular complexity index is 390. The molecule has 0 aromatic carbocycles. The van der Waals surface area contributed by atoms with Gasteiger partial charge < -0.3 is 0 Å². The van der Waals surface area contributed by atoms with Gasteiger partial charge in [0.05, 0.1) is 6.42 Å². The maximum absolute atomic E-state index is 12.6. The molecule has 0 aromatic heterocycles. The van der Waals surface area contributed by atoms with Crippen molar-refractivity contribution in [3.05, 3.63) is 34.9 Å². The molecule has 0 bridgehead atoms. The monoisotopic (exact) mass is 306 g/mol. The van der Waals surface area contributed by atoms with Gasteiger partial charge in [0, 0.05) is 17.0 Å². The average Bonchev–Trinajstić information content (AvgIpc) is 2.14. The number of hydrogen-bond acceptors (Lipinski definition) is 2. The lowest BCUT2D eigenvalue weighted by Gasteiger charge is -2.08. The molecule has 0 N–H and O–H groups in total.